The second kappa shape index (κ2) is 8.06. The lowest BCUT2D eigenvalue weighted by atomic mass is 10.1. The van der Waals surface area contributed by atoms with Crippen LogP contribution in [-0.2, 0) is 11.2 Å². The molecule has 3 nitrogen and oxygen atoms in total. The number of amides is 1. The highest BCUT2D eigenvalue weighted by Crippen LogP contribution is 2.22. The highest BCUT2D eigenvalue weighted by Gasteiger charge is 2.06. The van der Waals surface area contributed by atoms with Crippen LogP contribution in [0.15, 0.2) is 42.5 Å². The molecule has 0 radical (unpaired) electrons. The topological polar surface area (TPSA) is 38.3 Å². The number of nitrogens with one attached hydrogen (secondary N) is 1. The number of hydrogen-bond donors (Lipinski definition) is 1. The van der Waals surface area contributed by atoms with Gasteiger partial charge >= 0.3 is 0 Å². The van der Waals surface area contributed by atoms with Gasteiger partial charge in [-0.2, -0.15) is 0 Å². The molecule has 22 heavy (non-hydrogen) atoms. The van der Waals surface area contributed by atoms with Gasteiger partial charge in [-0.25, -0.2) is 0 Å². The normalized spacial score (nSPS) is 10.3. The number of benzene rings is 2. The summed E-state index contributed by atoms with van der Waals surface area (Å²) in [5.41, 5.74) is 1.66. The highest BCUT2D eigenvalue weighted by atomic mass is 35.5. The number of halogens is 2. The van der Waals surface area contributed by atoms with Gasteiger partial charge in [0.15, 0.2) is 0 Å². The van der Waals surface area contributed by atoms with Gasteiger partial charge in [-0.05, 0) is 55.3 Å². The molecule has 0 spiro atoms. The van der Waals surface area contributed by atoms with E-state index < -0.39 is 0 Å². The van der Waals surface area contributed by atoms with E-state index in [0.717, 1.165) is 17.0 Å². The molecule has 1 amide bonds. The highest BCUT2D eigenvalue weighted by molar-refractivity contribution is 6.35. The van der Waals surface area contributed by atoms with Crippen LogP contribution in [-0.4, -0.2) is 12.5 Å². The van der Waals surface area contributed by atoms with Crippen molar-refractivity contribution in [2.45, 2.75) is 19.8 Å². The summed E-state index contributed by atoms with van der Waals surface area (Å²) in [5, 5.41) is 4.02. The Labute approximate surface area is 140 Å². The molecule has 0 aliphatic heterocycles. The number of aryl methyl sites for hydroxylation is 1. The zero-order valence-corrected chi connectivity index (χ0v) is 13.7. The van der Waals surface area contributed by atoms with Crippen molar-refractivity contribution in [2.75, 3.05) is 11.9 Å². The van der Waals surface area contributed by atoms with Crippen LogP contribution in [0.3, 0.4) is 0 Å². The average Bonchev–Trinajstić information content (AvgIpc) is 2.49. The number of hydrogen-bond acceptors (Lipinski definition) is 2. The van der Waals surface area contributed by atoms with Gasteiger partial charge in [0.25, 0.3) is 0 Å². The van der Waals surface area contributed by atoms with Crippen LogP contribution >= 0.6 is 23.2 Å². The van der Waals surface area contributed by atoms with E-state index >= 15 is 0 Å². The predicted molar refractivity (Wildman–Crippen MR) is 91.0 cm³/mol. The van der Waals surface area contributed by atoms with Crippen molar-refractivity contribution in [3.63, 3.8) is 0 Å². The average molecular weight is 338 g/mol. The molecule has 0 heterocycles. The maximum Gasteiger partial charge on any atom is 0.224 e. The summed E-state index contributed by atoms with van der Waals surface area (Å²) in [5.74, 6) is 0.726. The van der Waals surface area contributed by atoms with Gasteiger partial charge in [0.05, 0.1) is 6.61 Å². The third-order valence-electron chi connectivity index (χ3n) is 3.09. The molecule has 0 aliphatic carbocycles. The van der Waals surface area contributed by atoms with Crippen LogP contribution < -0.4 is 10.1 Å². The first-order chi connectivity index (χ1) is 10.6. The number of rotatable bonds is 6. The maximum absolute atomic E-state index is 12.0. The Hall–Kier alpha value is -1.71. The van der Waals surface area contributed by atoms with Gasteiger partial charge in [-0.1, -0.05) is 29.3 Å². The van der Waals surface area contributed by atoms with Crippen LogP contribution in [0.5, 0.6) is 5.75 Å². The van der Waals surface area contributed by atoms with Crippen LogP contribution in [0.25, 0.3) is 0 Å². The summed E-state index contributed by atoms with van der Waals surface area (Å²) < 4.78 is 5.36. The molecular weight excluding hydrogens is 321 g/mol. The standard InChI is InChI=1S/C17H17Cl2NO2/c1-2-22-15-8-6-14(7-9-15)20-17(21)10-4-12-3-5-13(18)11-16(12)19/h3,5-9,11H,2,4,10H2,1H3,(H,20,21). The monoisotopic (exact) mass is 337 g/mol. The molecule has 5 heteroatoms. The molecule has 0 saturated carbocycles. The van der Waals surface area contributed by atoms with Crippen molar-refractivity contribution in [1.82, 2.24) is 0 Å². The summed E-state index contributed by atoms with van der Waals surface area (Å²) in [6.07, 6.45) is 0.924. The zero-order chi connectivity index (χ0) is 15.9. The van der Waals surface area contributed by atoms with Gasteiger partial charge in [-0.3, -0.25) is 4.79 Å². The molecule has 0 aromatic heterocycles. The second-order valence-electron chi connectivity index (χ2n) is 4.74. The Morgan fingerprint density at radius 3 is 2.50 bits per heavy atom. The lowest BCUT2D eigenvalue weighted by Crippen LogP contribution is -2.12. The van der Waals surface area contributed by atoms with E-state index in [1.54, 1.807) is 12.1 Å². The summed E-state index contributed by atoms with van der Waals surface area (Å²) in [6, 6.07) is 12.6. The first-order valence-electron chi connectivity index (χ1n) is 7.05. The van der Waals surface area contributed by atoms with Crippen molar-refractivity contribution in [2.24, 2.45) is 0 Å². The lowest BCUT2D eigenvalue weighted by molar-refractivity contribution is -0.116. The Morgan fingerprint density at radius 2 is 1.86 bits per heavy atom. The largest absolute Gasteiger partial charge is 0.494 e. The summed E-state index contributed by atoms with van der Waals surface area (Å²) in [4.78, 5) is 12.0. The molecular formula is C17H17Cl2NO2. The summed E-state index contributed by atoms with van der Waals surface area (Å²) >= 11 is 11.9. The number of carbonyl (C=O) groups excluding carboxylic acids is 1. The quantitative estimate of drug-likeness (QED) is 0.808. The minimum Gasteiger partial charge on any atom is -0.494 e. The molecule has 1 N–H and O–H groups in total. The van der Waals surface area contributed by atoms with Crippen molar-refractivity contribution in [3.05, 3.63) is 58.1 Å². The fraction of sp³-hybridized carbons (Fsp3) is 0.235. The third-order valence-corrected chi connectivity index (χ3v) is 3.67. The molecule has 116 valence electrons. The van der Waals surface area contributed by atoms with E-state index in [0.29, 0.717) is 29.5 Å². The SMILES string of the molecule is CCOc1ccc(NC(=O)CCc2ccc(Cl)cc2Cl)cc1. The molecule has 0 aliphatic rings. The number of anilines is 1. The smallest absolute Gasteiger partial charge is 0.224 e. The number of carbonyl (C=O) groups is 1. The Morgan fingerprint density at radius 1 is 1.14 bits per heavy atom. The second-order valence-corrected chi connectivity index (χ2v) is 5.58. The third kappa shape index (κ3) is 4.93. The van der Waals surface area contributed by atoms with Crippen molar-refractivity contribution in [1.29, 1.82) is 0 Å². The van der Waals surface area contributed by atoms with Crippen molar-refractivity contribution < 1.29 is 9.53 Å². The fourth-order valence-corrected chi connectivity index (χ4v) is 2.50. The Bertz CT molecular complexity index is 642. The molecule has 0 bridgehead atoms. The maximum atomic E-state index is 12.0. The van der Waals surface area contributed by atoms with Crippen LogP contribution in [0.4, 0.5) is 5.69 Å². The van der Waals surface area contributed by atoms with E-state index in [2.05, 4.69) is 5.32 Å². The van der Waals surface area contributed by atoms with Gasteiger partial charge < -0.3 is 10.1 Å². The first-order valence-corrected chi connectivity index (χ1v) is 7.80. The molecule has 0 unspecified atom stereocenters. The molecule has 2 aromatic rings. The van der Waals surface area contributed by atoms with Crippen LogP contribution in [0.1, 0.15) is 18.9 Å². The Kier molecular flexibility index (Phi) is 6.10. The van der Waals surface area contributed by atoms with Crippen LogP contribution in [0.2, 0.25) is 10.0 Å². The van der Waals surface area contributed by atoms with E-state index in [1.165, 1.54) is 0 Å². The molecule has 0 saturated heterocycles. The minimum absolute atomic E-state index is 0.0600. The number of ether oxygens (including phenoxy) is 1. The lowest BCUT2D eigenvalue weighted by Gasteiger charge is -2.08. The summed E-state index contributed by atoms with van der Waals surface area (Å²) in [7, 11) is 0. The predicted octanol–water partition coefficient (Wildman–Crippen LogP) is 4.96. The van der Waals surface area contributed by atoms with Gasteiger partial charge in [0.1, 0.15) is 5.75 Å². The fourth-order valence-electron chi connectivity index (χ4n) is 2.00. The van der Waals surface area contributed by atoms with Gasteiger partial charge in [0.2, 0.25) is 5.91 Å². The van der Waals surface area contributed by atoms with E-state index in [1.807, 2.05) is 37.3 Å². The van der Waals surface area contributed by atoms with E-state index in [-0.39, 0.29) is 5.91 Å². The zero-order valence-electron chi connectivity index (χ0n) is 12.2. The van der Waals surface area contributed by atoms with Gasteiger partial charge in [0, 0.05) is 22.2 Å². The Balaban J connectivity index is 1.87. The van der Waals surface area contributed by atoms with Crippen LogP contribution in [0, 0.1) is 0 Å². The van der Waals surface area contributed by atoms with E-state index in [4.69, 9.17) is 27.9 Å². The van der Waals surface area contributed by atoms with E-state index in [9.17, 15) is 4.79 Å². The first kappa shape index (κ1) is 16.7. The van der Waals surface area contributed by atoms with Gasteiger partial charge in [-0.15, -0.1) is 0 Å². The van der Waals surface area contributed by atoms with Crippen molar-refractivity contribution >= 4 is 34.8 Å². The minimum atomic E-state index is -0.0600. The molecule has 0 fully saturated rings. The molecule has 2 rings (SSSR count). The molecule has 0 atom stereocenters. The van der Waals surface area contributed by atoms with Crippen molar-refractivity contribution in [3.8, 4) is 5.75 Å². The summed E-state index contributed by atoms with van der Waals surface area (Å²) in [6.45, 7) is 2.55. The molecule has 2 aromatic carbocycles.